The molecular weight excluding hydrogens is 231 g/mol. The minimum absolute atomic E-state index is 0.0215. The third-order valence-corrected chi connectivity index (χ3v) is 2.40. The summed E-state index contributed by atoms with van der Waals surface area (Å²) in [6.07, 6.45) is -2.90. The predicted molar refractivity (Wildman–Crippen MR) is 57.1 cm³/mol. The van der Waals surface area contributed by atoms with Gasteiger partial charge in [-0.15, -0.1) is 0 Å². The van der Waals surface area contributed by atoms with Crippen molar-refractivity contribution in [3.63, 3.8) is 0 Å². The summed E-state index contributed by atoms with van der Waals surface area (Å²) < 4.78 is 37.0. The van der Waals surface area contributed by atoms with Crippen molar-refractivity contribution in [2.45, 2.75) is 26.1 Å². The summed E-state index contributed by atoms with van der Waals surface area (Å²) in [6, 6.07) is 4.22. The molecule has 1 rings (SSSR count). The lowest BCUT2D eigenvalue weighted by Gasteiger charge is -2.15. The number of halogens is 3. The largest absolute Gasteiger partial charge is 0.416 e. The van der Waals surface area contributed by atoms with E-state index < -0.39 is 17.8 Å². The molecule has 0 N–H and O–H groups in total. The fourth-order valence-electron chi connectivity index (χ4n) is 1.53. The first-order valence-corrected chi connectivity index (χ1v) is 5.10. The second kappa shape index (κ2) is 5.15. The van der Waals surface area contributed by atoms with Crippen molar-refractivity contribution in [3.8, 4) is 0 Å². The molecule has 0 aliphatic heterocycles. The molecule has 0 fully saturated rings. The second-order valence-electron chi connectivity index (χ2n) is 4.03. The molecule has 0 amide bonds. The molecule has 0 aliphatic carbocycles. The molecule has 0 aromatic heterocycles. The van der Waals surface area contributed by atoms with Crippen LogP contribution in [0.5, 0.6) is 0 Å². The molecule has 1 aromatic carbocycles. The summed E-state index contributed by atoms with van der Waals surface area (Å²) in [5, 5.41) is 0. The van der Waals surface area contributed by atoms with E-state index >= 15 is 0 Å². The number of benzene rings is 1. The van der Waals surface area contributed by atoms with Gasteiger partial charge in [-0.25, -0.2) is 4.79 Å². The quantitative estimate of drug-likeness (QED) is 0.587. The van der Waals surface area contributed by atoms with Crippen LogP contribution in [0.2, 0.25) is 0 Å². The maximum atomic E-state index is 12.3. The zero-order chi connectivity index (χ0) is 13.1. The van der Waals surface area contributed by atoms with Crippen molar-refractivity contribution in [1.29, 1.82) is 0 Å². The molecule has 0 unspecified atom stereocenters. The highest BCUT2D eigenvalue weighted by molar-refractivity contribution is 5.36. The summed E-state index contributed by atoms with van der Waals surface area (Å²) in [6.45, 7) is 3.67. The number of rotatable bonds is 3. The molecule has 1 atom stereocenters. The van der Waals surface area contributed by atoms with Gasteiger partial charge in [-0.3, -0.25) is 0 Å². The Kier molecular flexibility index (Phi) is 4.07. The van der Waals surface area contributed by atoms with Crippen molar-refractivity contribution in [1.82, 2.24) is 0 Å². The lowest BCUT2D eigenvalue weighted by Crippen LogP contribution is -2.07. The van der Waals surface area contributed by atoms with E-state index in [-0.39, 0.29) is 5.92 Å². The number of hydrogen-bond donors (Lipinski definition) is 0. The average Bonchev–Trinajstić information content (AvgIpc) is 2.24. The van der Waals surface area contributed by atoms with Crippen LogP contribution in [0, 0.1) is 5.92 Å². The monoisotopic (exact) mass is 243 g/mol. The van der Waals surface area contributed by atoms with Crippen molar-refractivity contribution < 1.29 is 18.0 Å². The molecule has 0 saturated carbocycles. The molecule has 0 bridgehead atoms. The van der Waals surface area contributed by atoms with Crippen molar-refractivity contribution in [2.75, 3.05) is 0 Å². The Balaban J connectivity index is 3.04. The van der Waals surface area contributed by atoms with E-state index in [4.69, 9.17) is 0 Å². The Hall–Kier alpha value is -1.61. The minimum atomic E-state index is -4.35. The third-order valence-electron chi connectivity index (χ3n) is 2.40. The summed E-state index contributed by atoms with van der Waals surface area (Å²) in [5.74, 6) is 0.0215. The Bertz CT molecular complexity index is 416. The highest BCUT2D eigenvalue weighted by Gasteiger charge is 2.30. The highest BCUT2D eigenvalue weighted by atomic mass is 19.4. The van der Waals surface area contributed by atoms with Crippen molar-refractivity contribution in [2.24, 2.45) is 10.9 Å². The van der Waals surface area contributed by atoms with Crippen LogP contribution < -0.4 is 0 Å². The Morgan fingerprint density at radius 2 is 1.71 bits per heavy atom. The number of aliphatic imine (C=N–C) groups is 1. The van der Waals surface area contributed by atoms with Gasteiger partial charge in [0.15, 0.2) is 0 Å². The van der Waals surface area contributed by atoms with E-state index in [1.54, 1.807) is 0 Å². The van der Waals surface area contributed by atoms with E-state index in [0.717, 1.165) is 12.1 Å². The fraction of sp³-hybridized carbons (Fsp3) is 0.417. The van der Waals surface area contributed by atoms with Crippen LogP contribution in [-0.4, -0.2) is 6.08 Å². The topological polar surface area (TPSA) is 29.4 Å². The smallest absolute Gasteiger partial charge is 0.211 e. The van der Waals surface area contributed by atoms with Gasteiger partial charge in [0.25, 0.3) is 0 Å². The molecule has 0 radical (unpaired) electrons. The van der Waals surface area contributed by atoms with Gasteiger partial charge in [0.2, 0.25) is 6.08 Å². The summed E-state index contributed by atoms with van der Waals surface area (Å²) in [5.41, 5.74) is -0.129. The average molecular weight is 243 g/mol. The number of hydrogen-bond acceptors (Lipinski definition) is 2. The van der Waals surface area contributed by atoms with Crippen LogP contribution in [0.25, 0.3) is 0 Å². The molecule has 0 spiro atoms. The summed E-state index contributed by atoms with van der Waals surface area (Å²) in [4.78, 5) is 13.8. The first-order valence-electron chi connectivity index (χ1n) is 5.10. The van der Waals surface area contributed by atoms with Crippen LogP contribution in [0.1, 0.15) is 31.0 Å². The number of nitrogens with zero attached hydrogens (tertiary/aromatic N) is 1. The van der Waals surface area contributed by atoms with Crippen LogP contribution in [-0.2, 0) is 11.0 Å². The van der Waals surface area contributed by atoms with Crippen LogP contribution >= 0.6 is 0 Å². The first-order chi connectivity index (χ1) is 7.86. The Morgan fingerprint density at radius 3 is 2.06 bits per heavy atom. The minimum Gasteiger partial charge on any atom is -0.211 e. The van der Waals surface area contributed by atoms with Crippen molar-refractivity contribution >= 4 is 6.08 Å². The molecule has 17 heavy (non-hydrogen) atoms. The molecule has 92 valence electrons. The third kappa shape index (κ3) is 3.43. The molecule has 0 saturated heterocycles. The molecule has 5 heteroatoms. The van der Waals surface area contributed by atoms with Crippen LogP contribution in [0.15, 0.2) is 29.3 Å². The van der Waals surface area contributed by atoms with Gasteiger partial charge in [0.1, 0.15) is 0 Å². The van der Waals surface area contributed by atoms with Gasteiger partial charge < -0.3 is 0 Å². The SMILES string of the molecule is CC(C)[C@@H](N=C=O)c1ccc(C(F)(F)F)cc1. The van der Waals surface area contributed by atoms with Gasteiger partial charge in [-0.1, -0.05) is 26.0 Å². The number of alkyl halides is 3. The van der Waals surface area contributed by atoms with E-state index in [1.807, 2.05) is 13.8 Å². The van der Waals surface area contributed by atoms with Crippen molar-refractivity contribution in [3.05, 3.63) is 35.4 Å². The van der Waals surface area contributed by atoms with E-state index in [0.29, 0.717) is 5.56 Å². The zero-order valence-electron chi connectivity index (χ0n) is 9.45. The number of carbonyl (C=O) groups excluding carboxylic acids is 1. The van der Waals surface area contributed by atoms with Gasteiger partial charge in [0.05, 0.1) is 11.6 Å². The molecular formula is C12H12F3NO. The fourth-order valence-corrected chi connectivity index (χ4v) is 1.53. The Morgan fingerprint density at radius 1 is 1.18 bits per heavy atom. The zero-order valence-corrected chi connectivity index (χ0v) is 9.45. The summed E-state index contributed by atoms with van der Waals surface area (Å²) in [7, 11) is 0. The van der Waals surface area contributed by atoms with E-state index in [2.05, 4.69) is 4.99 Å². The van der Waals surface area contributed by atoms with Gasteiger partial charge >= 0.3 is 6.18 Å². The predicted octanol–water partition coefficient (Wildman–Crippen LogP) is 3.74. The normalized spacial score (nSPS) is 13.3. The molecule has 0 aliphatic rings. The first kappa shape index (κ1) is 13.5. The lowest BCUT2D eigenvalue weighted by molar-refractivity contribution is -0.137. The van der Waals surface area contributed by atoms with Crippen LogP contribution in [0.3, 0.4) is 0 Å². The standard InChI is InChI=1S/C12H12F3NO/c1-8(2)11(16-7-17)9-3-5-10(6-4-9)12(13,14)15/h3-6,8,11H,1-2H3/t11-/m1/s1. The molecule has 0 heterocycles. The number of isocyanates is 1. The lowest BCUT2D eigenvalue weighted by atomic mass is 9.96. The van der Waals surface area contributed by atoms with Gasteiger partial charge in [-0.05, 0) is 23.6 Å². The van der Waals surface area contributed by atoms with Gasteiger partial charge in [0, 0.05) is 0 Å². The maximum Gasteiger partial charge on any atom is 0.416 e. The second-order valence-corrected chi connectivity index (χ2v) is 4.03. The van der Waals surface area contributed by atoms with Gasteiger partial charge in [-0.2, -0.15) is 18.2 Å². The van der Waals surface area contributed by atoms with E-state index in [9.17, 15) is 18.0 Å². The van der Waals surface area contributed by atoms with Crippen LogP contribution in [0.4, 0.5) is 13.2 Å². The highest BCUT2D eigenvalue weighted by Crippen LogP contribution is 2.31. The molecule has 2 nitrogen and oxygen atoms in total. The Labute approximate surface area is 97.2 Å². The molecule has 1 aromatic rings. The van der Waals surface area contributed by atoms with E-state index in [1.165, 1.54) is 18.2 Å². The maximum absolute atomic E-state index is 12.3. The summed E-state index contributed by atoms with van der Waals surface area (Å²) >= 11 is 0.